The number of rotatable bonds is 4. The lowest BCUT2D eigenvalue weighted by atomic mass is 9.93. The lowest BCUT2D eigenvalue weighted by Crippen LogP contribution is -2.22. The number of ketones is 1. The summed E-state index contributed by atoms with van der Waals surface area (Å²) < 4.78 is 0. The van der Waals surface area contributed by atoms with Gasteiger partial charge in [-0.3, -0.25) is 4.79 Å². The molecule has 5 heteroatoms. The number of aromatic nitrogens is 1. The van der Waals surface area contributed by atoms with Gasteiger partial charge in [-0.25, -0.2) is 4.98 Å². The maximum Gasteiger partial charge on any atom is 0.161 e. The van der Waals surface area contributed by atoms with Crippen molar-refractivity contribution in [3.05, 3.63) is 38.5 Å². The highest BCUT2D eigenvalue weighted by atomic mass is 32.1. The molecule has 0 saturated carbocycles. The fourth-order valence-electron chi connectivity index (χ4n) is 1.62. The van der Waals surface area contributed by atoms with Crippen LogP contribution < -0.4 is 5.73 Å². The summed E-state index contributed by atoms with van der Waals surface area (Å²) in [5.41, 5.74) is 7.02. The number of Topliss-reactive ketones (excluding diaryl/α,β-unsaturated/α-hetero) is 1. The van der Waals surface area contributed by atoms with Gasteiger partial charge >= 0.3 is 0 Å². The van der Waals surface area contributed by atoms with Gasteiger partial charge in [-0.05, 0) is 11.4 Å². The largest absolute Gasteiger partial charge is 0.317 e. The number of nitrogens with zero attached hydrogens (tertiary/aromatic N) is 1. The molecule has 2 N–H and O–H groups in total. The van der Waals surface area contributed by atoms with E-state index in [9.17, 15) is 4.79 Å². The number of hydrogen-bond donors (Lipinski definition) is 1. The van der Waals surface area contributed by atoms with Crippen LogP contribution in [0.4, 0.5) is 0 Å². The third-order valence-electron chi connectivity index (χ3n) is 2.84. The van der Waals surface area contributed by atoms with Crippen molar-refractivity contribution >= 4 is 28.5 Å². The molecule has 2 rings (SSSR count). The van der Waals surface area contributed by atoms with E-state index in [0.717, 1.165) is 15.6 Å². The topological polar surface area (TPSA) is 56.0 Å². The van der Waals surface area contributed by atoms with E-state index in [1.165, 1.54) is 22.7 Å². The van der Waals surface area contributed by atoms with Crippen molar-refractivity contribution in [2.75, 3.05) is 0 Å². The summed E-state index contributed by atoms with van der Waals surface area (Å²) in [6.07, 6.45) is 0.319. The minimum absolute atomic E-state index is 0.0215. The highest BCUT2D eigenvalue weighted by Gasteiger charge is 2.21. The molecule has 0 aliphatic heterocycles. The van der Waals surface area contributed by atoms with Crippen LogP contribution in [-0.2, 0) is 16.6 Å². The summed E-state index contributed by atoms with van der Waals surface area (Å²) >= 11 is 3.05. The summed E-state index contributed by atoms with van der Waals surface area (Å²) in [5, 5.41) is 4.81. The molecule has 0 aliphatic rings. The molecule has 102 valence electrons. The van der Waals surface area contributed by atoms with Crippen LogP contribution in [0.25, 0.3) is 0 Å². The van der Waals surface area contributed by atoms with Crippen molar-refractivity contribution in [1.82, 2.24) is 4.98 Å². The second kappa shape index (κ2) is 5.53. The molecule has 2 aromatic rings. The first-order valence-electron chi connectivity index (χ1n) is 6.14. The van der Waals surface area contributed by atoms with Gasteiger partial charge in [-0.2, -0.15) is 0 Å². The second-order valence-electron chi connectivity index (χ2n) is 5.51. The third-order valence-corrected chi connectivity index (χ3v) is 4.65. The van der Waals surface area contributed by atoms with E-state index in [2.05, 4.69) is 25.8 Å². The van der Waals surface area contributed by atoms with Crippen molar-refractivity contribution in [1.29, 1.82) is 0 Å². The van der Waals surface area contributed by atoms with E-state index in [-0.39, 0.29) is 11.2 Å². The van der Waals surface area contributed by atoms with Crippen LogP contribution >= 0.6 is 22.7 Å². The molecule has 0 bridgehead atoms. The fourth-order valence-corrected chi connectivity index (χ4v) is 3.40. The van der Waals surface area contributed by atoms with Crippen LogP contribution in [0.1, 0.15) is 42.4 Å². The summed E-state index contributed by atoms with van der Waals surface area (Å²) in [6, 6.07) is 3.28. The lowest BCUT2D eigenvalue weighted by Gasteiger charge is -2.14. The van der Waals surface area contributed by atoms with Gasteiger partial charge in [0.2, 0.25) is 0 Å². The van der Waals surface area contributed by atoms with Gasteiger partial charge in [0.25, 0.3) is 0 Å². The van der Waals surface area contributed by atoms with Gasteiger partial charge in [-0.1, -0.05) is 26.8 Å². The maximum atomic E-state index is 12.1. The molecule has 0 aromatic carbocycles. The van der Waals surface area contributed by atoms with Gasteiger partial charge in [0.05, 0.1) is 18.2 Å². The molecule has 2 aromatic heterocycles. The third kappa shape index (κ3) is 3.49. The van der Waals surface area contributed by atoms with Crippen molar-refractivity contribution in [2.24, 2.45) is 5.73 Å². The predicted molar refractivity (Wildman–Crippen MR) is 80.8 cm³/mol. The van der Waals surface area contributed by atoms with Gasteiger partial charge in [0.1, 0.15) is 5.01 Å². The van der Waals surface area contributed by atoms with Gasteiger partial charge in [-0.15, -0.1) is 22.7 Å². The smallest absolute Gasteiger partial charge is 0.161 e. The highest BCUT2D eigenvalue weighted by Crippen LogP contribution is 2.25. The summed E-state index contributed by atoms with van der Waals surface area (Å²) in [6.45, 7) is 6.35. The van der Waals surface area contributed by atoms with Crippen LogP contribution in [0, 0.1) is 0 Å². The van der Waals surface area contributed by atoms with Crippen molar-refractivity contribution in [3.8, 4) is 0 Å². The van der Waals surface area contributed by atoms with Crippen molar-refractivity contribution in [2.45, 2.75) is 38.6 Å². The molecule has 1 unspecified atom stereocenters. The van der Waals surface area contributed by atoms with Gasteiger partial charge in [0.15, 0.2) is 5.78 Å². The summed E-state index contributed by atoms with van der Waals surface area (Å²) in [7, 11) is 0. The first kappa shape index (κ1) is 14.4. The Kier molecular flexibility index (Phi) is 4.18. The monoisotopic (exact) mass is 294 g/mol. The zero-order valence-corrected chi connectivity index (χ0v) is 13.0. The average molecular weight is 294 g/mol. The van der Waals surface area contributed by atoms with Crippen LogP contribution in [-0.4, -0.2) is 10.8 Å². The molecule has 0 radical (unpaired) electrons. The lowest BCUT2D eigenvalue weighted by molar-refractivity contribution is -0.119. The van der Waals surface area contributed by atoms with Gasteiger partial charge in [0, 0.05) is 15.7 Å². The Labute approximate surface area is 121 Å². The zero-order valence-electron chi connectivity index (χ0n) is 11.3. The van der Waals surface area contributed by atoms with Crippen LogP contribution in [0.15, 0.2) is 22.9 Å². The average Bonchev–Trinajstić information content (AvgIpc) is 2.97. The zero-order chi connectivity index (χ0) is 14.0. The van der Waals surface area contributed by atoms with Crippen LogP contribution in [0.2, 0.25) is 0 Å². The first-order valence-corrected chi connectivity index (χ1v) is 7.90. The van der Waals surface area contributed by atoms with Gasteiger partial charge < -0.3 is 5.73 Å². The first-order chi connectivity index (χ1) is 8.88. The molecule has 0 spiro atoms. The molecular formula is C14H18N2OS2. The Bertz CT molecular complexity index is 552. The van der Waals surface area contributed by atoms with E-state index in [0.29, 0.717) is 6.42 Å². The molecule has 0 amide bonds. The summed E-state index contributed by atoms with van der Waals surface area (Å²) in [5.74, 6) is 0.0252. The number of nitrogens with two attached hydrogens (primary N) is 1. The standard InChI is InChI=1S/C14H18N2OS2/c1-14(2,3)11-8-19-12(16-11)7-9(17)13(15)10-5-4-6-18-10/h4-6,8,13H,7,15H2,1-3H3. The number of hydrogen-bond acceptors (Lipinski definition) is 5. The second-order valence-corrected chi connectivity index (χ2v) is 7.43. The number of carbonyl (C=O) groups excluding carboxylic acids is 1. The SMILES string of the molecule is CC(C)(C)c1csc(CC(=O)C(N)c2cccs2)n1. The van der Waals surface area contributed by atoms with E-state index in [4.69, 9.17) is 5.73 Å². The molecule has 0 fully saturated rings. The molecule has 0 saturated heterocycles. The Morgan fingerprint density at radius 3 is 2.68 bits per heavy atom. The number of carbonyl (C=O) groups is 1. The number of thiophene rings is 1. The highest BCUT2D eigenvalue weighted by molar-refractivity contribution is 7.10. The normalized spacial score (nSPS) is 13.5. The fraction of sp³-hybridized carbons (Fsp3) is 0.429. The predicted octanol–water partition coefficient (Wildman–Crippen LogP) is 3.31. The maximum absolute atomic E-state index is 12.1. The summed E-state index contributed by atoms with van der Waals surface area (Å²) in [4.78, 5) is 17.6. The van der Waals surface area contributed by atoms with E-state index in [1.807, 2.05) is 22.9 Å². The van der Waals surface area contributed by atoms with Crippen molar-refractivity contribution in [3.63, 3.8) is 0 Å². The van der Waals surface area contributed by atoms with E-state index < -0.39 is 6.04 Å². The van der Waals surface area contributed by atoms with Crippen LogP contribution in [0.3, 0.4) is 0 Å². The van der Waals surface area contributed by atoms with E-state index >= 15 is 0 Å². The van der Waals surface area contributed by atoms with Crippen LogP contribution in [0.5, 0.6) is 0 Å². The van der Waals surface area contributed by atoms with Crippen molar-refractivity contribution < 1.29 is 4.79 Å². The Morgan fingerprint density at radius 1 is 1.42 bits per heavy atom. The minimum atomic E-state index is -0.526. The minimum Gasteiger partial charge on any atom is -0.317 e. The Morgan fingerprint density at radius 2 is 2.16 bits per heavy atom. The quantitative estimate of drug-likeness (QED) is 0.941. The molecule has 19 heavy (non-hydrogen) atoms. The number of thiazole rings is 1. The Balaban J connectivity index is 2.05. The molecular weight excluding hydrogens is 276 g/mol. The van der Waals surface area contributed by atoms with E-state index in [1.54, 1.807) is 0 Å². The molecule has 2 heterocycles. The molecule has 3 nitrogen and oxygen atoms in total. The Hall–Kier alpha value is -1.04. The molecule has 1 atom stereocenters. The molecule has 0 aliphatic carbocycles.